The fourth-order valence-corrected chi connectivity index (χ4v) is 6.14. The van der Waals surface area contributed by atoms with Gasteiger partial charge in [0.15, 0.2) is 0 Å². The molecule has 2 nitrogen and oxygen atoms in total. The Morgan fingerprint density at radius 3 is 2.57 bits per heavy atom. The van der Waals surface area contributed by atoms with Crippen LogP contribution in [-0.4, -0.2) is 43.0 Å². The minimum absolute atomic E-state index is 0.403. The van der Waals surface area contributed by atoms with Crippen LogP contribution in [0, 0.1) is 5.92 Å². The largest absolute Gasteiger partial charge is 0.377 e. The molecule has 0 aromatic carbocycles. The van der Waals surface area contributed by atoms with Crippen LogP contribution in [0.3, 0.4) is 0 Å². The molecule has 0 aromatic heterocycles. The third kappa shape index (κ3) is 2.30. The molecule has 5 rings (SSSR count). The molecule has 117 valence electrons. The number of nitrogens with zero attached hydrogens (tertiary/aromatic N) is 1. The lowest BCUT2D eigenvalue weighted by atomic mass is 9.30. The quantitative estimate of drug-likeness (QED) is 0.679. The molecule has 0 N–H and O–H groups in total. The van der Waals surface area contributed by atoms with Crippen molar-refractivity contribution < 1.29 is 4.74 Å². The van der Waals surface area contributed by atoms with E-state index in [0.29, 0.717) is 16.9 Å². The van der Waals surface area contributed by atoms with E-state index in [9.17, 15) is 0 Å². The number of fused-ring (bicyclic) bond motifs is 2. The minimum Gasteiger partial charge on any atom is -0.377 e. The Morgan fingerprint density at radius 2 is 1.95 bits per heavy atom. The minimum atomic E-state index is 0.403. The molecule has 4 aliphatic heterocycles. The van der Waals surface area contributed by atoms with E-state index in [1.165, 1.54) is 44.9 Å². The Bertz CT molecular complexity index is 400. The molecule has 4 unspecified atom stereocenters. The maximum absolute atomic E-state index is 5.65. The van der Waals surface area contributed by atoms with Gasteiger partial charge in [-0.05, 0) is 39.0 Å². The number of rotatable bonds is 1. The van der Waals surface area contributed by atoms with Gasteiger partial charge in [0.25, 0.3) is 0 Å². The highest BCUT2D eigenvalue weighted by Crippen LogP contribution is 2.57. The van der Waals surface area contributed by atoms with E-state index in [4.69, 9.17) is 4.74 Å². The summed E-state index contributed by atoms with van der Waals surface area (Å²) in [4.78, 5) is 2.90. The molecule has 0 amide bonds. The molecule has 4 atom stereocenters. The molecule has 1 aliphatic carbocycles. The average Bonchev–Trinajstić information content (AvgIpc) is 2.45. The lowest BCUT2D eigenvalue weighted by Gasteiger charge is -2.60. The van der Waals surface area contributed by atoms with Crippen LogP contribution in [0.2, 0.25) is 11.1 Å². The van der Waals surface area contributed by atoms with Gasteiger partial charge in [0.1, 0.15) is 7.28 Å². The zero-order valence-electron chi connectivity index (χ0n) is 14.1. The van der Waals surface area contributed by atoms with E-state index in [2.05, 4.69) is 33.0 Å². The van der Waals surface area contributed by atoms with Gasteiger partial charge in [-0.3, -0.25) is 4.90 Å². The second kappa shape index (κ2) is 4.99. The molecule has 3 heteroatoms. The topological polar surface area (TPSA) is 12.5 Å². The summed E-state index contributed by atoms with van der Waals surface area (Å²) in [5, 5.41) is 0.581. The second-order valence-electron chi connectivity index (χ2n) is 9.00. The zero-order valence-corrected chi connectivity index (χ0v) is 14.1. The van der Waals surface area contributed by atoms with Gasteiger partial charge in [0, 0.05) is 12.1 Å². The van der Waals surface area contributed by atoms with E-state index in [1.54, 1.807) is 0 Å². The number of hydrogen-bond acceptors (Lipinski definition) is 2. The standard InChI is InChI=1S/C18H31BNO/c1-13(2)20-16-5-4-7-17(3)10-15(19-17)9-14(16)6-8-18(20)11-21-12-18/h13-16H,4-12H2,1-3H3. The number of ether oxygens (including phenoxy) is 1. The molecule has 1 spiro atoms. The van der Waals surface area contributed by atoms with Crippen molar-refractivity contribution in [2.75, 3.05) is 13.2 Å². The summed E-state index contributed by atoms with van der Waals surface area (Å²) in [6.45, 7) is 9.27. The van der Waals surface area contributed by atoms with E-state index < -0.39 is 0 Å². The first-order chi connectivity index (χ1) is 10.0. The summed E-state index contributed by atoms with van der Waals surface area (Å²) in [6.07, 6.45) is 9.99. The lowest BCUT2D eigenvalue weighted by Crippen LogP contribution is -2.70. The first-order valence-corrected chi connectivity index (χ1v) is 9.24. The summed E-state index contributed by atoms with van der Waals surface area (Å²) in [7, 11) is 2.70. The molecular formula is C18H31BNO. The number of piperidine rings is 1. The fourth-order valence-electron chi connectivity index (χ4n) is 6.14. The highest BCUT2D eigenvalue weighted by atomic mass is 16.5. The van der Waals surface area contributed by atoms with Crippen LogP contribution in [0.15, 0.2) is 0 Å². The summed E-state index contributed by atoms with van der Waals surface area (Å²) >= 11 is 0. The molecule has 5 fully saturated rings. The predicted molar refractivity (Wildman–Crippen MR) is 88.0 cm³/mol. The van der Waals surface area contributed by atoms with E-state index in [0.717, 1.165) is 31.0 Å². The van der Waals surface area contributed by atoms with Crippen molar-refractivity contribution >= 4 is 7.28 Å². The van der Waals surface area contributed by atoms with Gasteiger partial charge in [-0.25, -0.2) is 0 Å². The van der Waals surface area contributed by atoms with E-state index >= 15 is 0 Å². The Morgan fingerprint density at radius 1 is 1.19 bits per heavy atom. The van der Waals surface area contributed by atoms with Crippen LogP contribution in [0.1, 0.15) is 65.7 Å². The second-order valence-corrected chi connectivity index (χ2v) is 9.00. The van der Waals surface area contributed by atoms with Crippen molar-refractivity contribution in [1.29, 1.82) is 0 Å². The molecule has 5 aliphatic rings. The van der Waals surface area contributed by atoms with Crippen LogP contribution >= 0.6 is 0 Å². The first kappa shape index (κ1) is 14.6. The van der Waals surface area contributed by atoms with Gasteiger partial charge >= 0.3 is 0 Å². The summed E-state index contributed by atoms with van der Waals surface area (Å²) < 4.78 is 5.65. The number of likely N-dealkylation sites (tertiary alicyclic amines) is 1. The van der Waals surface area contributed by atoms with Gasteiger partial charge < -0.3 is 4.74 Å². The highest BCUT2D eigenvalue weighted by molar-refractivity contribution is 6.46. The van der Waals surface area contributed by atoms with E-state index in [1.807, 2.05) is 0 Å². The van der Waals surface area contributed by atoms with E-state index in [-0.39, 0.29) is 0 Å². The zero-order chi connectivity index (χ0) is 14.7. The monoisotopic (exact) mass is 288 g/mol. The van der Waals surface area contributed by atoms with Gasteiger partial charge in [-0.2, -0.15) is 0 Å². The summed E-state index contributed by atoms with van der Waals surface area (Å²) in [5.41, 5.74) is 0.403. The van der Waals surface area contributed by atoms with Crippen molar-refractivity contribution in [3.63, 3.8) is 0 Å². The van der Waals surface area contributed by atoms with Crippen LogP contribution in [0.4, 0.5) is 0 Å². The van der Waals surface area contributed by atoms with Crippen molar-refractivity contribution in [2.24, 2.45) is 5.92 Å². The van der Waals surface area contributed by atoms with Gasteiger partial charge in [-0.1, -0.05) is 43.7 Å². The Labute approximate surface area is 131 Å². The third-order valence-electron chi connectivity index (χ3n) is 6.95. The van der Waals surface area contributed by atoms with Crippen molar-refractivity contribution in [3.8, 4) is 0 Å². The average molecular weight is 288 g/mol. The van der Waals surface area contributed by atoms with Gasteiger partial charge in [0.2, 0.25) is 0 Å². The lowest BCUT2D eigenvalue weighted by molar-refractivity contribution is -0.195. The summed E-state index contributed by atoms with van der Waals surface area (Å²) in [5.74, 6) is 1.85. The van der Waals surface area contributed by atoms with Gasteiger partial charge in [-0.15, -0.1) is 0 Å². The van der Waals surface area contributed by atoms with Crippen molar-refractivity contribution in [3.05, 3.63) is 0 Å². The molecule has 2 bridgehead atoms. The summed E-state index contributed by atoms with van der Waals surface area (Å²) in [6, 6.07) is 1.48. The van der Waals surface area contributed by atoms with Gasteiger partial charge in [0.05, 0.1) is 18.8 Å². The fraction of sp³-hybridized carbons (Fsp3) is 1.00. The van der Waals surface area contributed by atoms with Crippen LogP contribution in [-0.2, 0) is 4.74 Å². The van der Waals surface area contributed by atoms with Crippen molar-refractivity contribution in [1.82, 2.24) is 4.90 Å². The SMILES string of the molecule is CC(C)N1C2CCCC3(C)[B]C(CC2CCC12COC2)C3. The first-order valence-electron chi connectivity index (χ1n) is 9.24. The smallest absolute Gasteiger partial charge is 0.121 e. The molecule has 0 aromatic rings. The molecule has 4 saturated heterocycles. The van der Waals surface area contributed by atoms with Crippen LogP contribution < -0.4 is 0 Å². The van der Waals surface area contributed by atoms with Crippen LogP contribution in [0.5, 0.6) is 0 Å². The molecule has 4 heterocycles. The molecule has 21 heavy (non-hydrogen) atoms. The molecule has 1 saturated carbocycles. The molecular weight excluding hydrogens is 257 g/mol. The third-order valence-corrected chi connectivity index (χ3v) is 6.95. The predicted octanol–water partition coefficient (Wildman–Crippen LogP) is 3.89. The Balaban J connectivity index is 1.58. The maximum Gasteiger partial charge on any atom is 0.121 e. The highest BCUT2D eigenvalue weighted by Gasteiger charge is 2.54. The maximum atomic E-state index is 5.65. The van der Waals surface area contributed by atoms with Crippen LogP contribution in [0.25, 0.3) is 0 Å². The van der Waals surface area contributed by atoms with Crippen molar-refractivity contribution in [2.45, 2.75) is 94.5 Å². The molecule has 1 radical (unpaired) electrons. The number of hydrogen-bond donors (Lipinski definition) is 0. The Hall–Kier alpha value is -0.0151. The normalized spacial score (nSPS) is 45.6. The Kier molecular flexibility index (Phi) is 3.46.